The zero-order valence-electron chi connectivity index (χ0n) is 12.1. The van der Waals surface area contributed by atoms with Gasteiger partial charge in [0.2, 0.25) is 0 Å². The second-order valence-electron chi connectivity index (χ2n) is 5.14. The van der Waals surface area contributed by atoms with E-state index in [-0.39, 0.29) is 29.4 Å². The van der Waals surface area contributed by atoms with Crippen LogP contribution in [0.15, 0.2) is 24.4 Å². The van der Waals surface area contributed by atoms with Crippen LogP contribution in [-0.4, -0.2) is 25.4 Å². The van der Waals surface area contributed by atoms with E-state index in [2.05, 4.69) is 14.5 Å². The standard InChI is InChI=1S/C14H13F2NO4S2/c1-9-17-7-11(22-9)8-23(18,19)5-4-10-2-3-12-13(6-10)21-14(15,16)20-12/h2-3,6-7H,4-5,8H2,1H3. The molecule has 1 aromatic heterocycles. The molecule has 2 aromatic rings. The molecule has 0 amide bonds. The highest BCUT2D eigenvalue weighted by Gasteiger charge is 2.43. The Bertz CT molecular complexity index is 833. The molecule has 1 aromatic carbocycles. The molecule has 0 fully saturated rings. The second kappa shape index (κ2) is 5.72. The van der Waals surface area contributed by atoms with Crippen LogP contribution in [0.25, 0.3) is 0 Å². The van der Waals surface area contributed by atoms with Gasteiger partial charge in [-0.05, 0) is 31.0 Å². The first-order valence-corrected chi connectivity index (χ1v) is 9.37. The summed E-state index contributed by atoms with van der Waals surface area (Å²) < 4.78 is 58.8. The zero-order chi connectivity index (χ0) is 16.7. The van der Waals surface area contributed by atoms with Gasteiger partial charge in [-0.25, -0.2) is 13.4 Å². The van der Waals surface area contributed by atoms with Crippen molar-refractivity contribution < 1.29 is 26.7 Å². The van der Waals surface area contributed by atoms with Crippen LogP contribution >= 0.6 is 11.3 Å². The Morgan fingerprint density at radius 1 is 1.26 bits per heavy atom. The second-order valence-corrected chi connectivity index (χ2v) is 8.64. The Hall–Kier alpha value is -1.74. The molecule has 1 aliphatic heterocycles. The Morgan fingerprint density at radius 2 is 2.00 bits per heavy atom. The molecule has 0 spiro atoms. The summed E-state index contributed by atoms with van der Waals surface area (Å²) in [5, 5.41) is 0.812. The summed E-state index contributed by atoms with van der Waals surface area (Å²) in [6, 6.07) is 4.28. The Kier molecular flexibility index (Phi) is 4.01. The van der Waals surface area contributed by atoms with E-state index in [1.807, 2.05) is 6.92 Å². The van der Waals surface area contributed by atoms with E-state index in [0.717, 1.165) is 5.01 Å². The van der Waals surface area contributed by atoms with Crippen LogP contribution in [0.5, 0.6) is 11.5 Å². The smallest absolute Gasteiger partial charge is 0.395 e. The summed E-state index contributed by atoms with van der Waals surface area (Å²) in [6.45, 7) is 1.81. The van der Waals surface area contributed by atoms with Crippen molar-refractivity contribution in [1.29, 1.82) is 0 Å². The summed E-state index contributed by atoms with van der Waals surface area (Å²) >= 11 is 1.34. The van der Waals surface area contributed by atoms with Gasteiger partial charge in [-0.3, -0.25) is 0 Å². The van der Waals surface area contributed by atoms with Crippen molar-refractivity contribution in [1.82, 2.24) is 4.98 Å². The molecule has 124 valence electrons. The average Bonchev–Trinajstić information content (AvgIpc) is 2.96. The van der Waals surface area contributed by atoms with Crippen molar-refractivity contribution in [3.8, 4) is 11.5 Å². The summed E-state index contributed by atoms with van der Waals surface area (Å²) in [4.78, 5) is 4.71. The van der Waals surface area contributed by atoms with E-state index >= 15 is 0 Å². The molecule has 0 bridgehead atoms. The normalized spacial score (nSPS) is 15.8. The fourth-order valence-electron chi connectivity index (χ4n) is 2.18. The number of benzene rings is 1. The highest BCUT2D eigenvalue weighted by molar-refractivity contribution is 7.90. The number of rotatable bonds is 5. The van der Waals surface area contributed by atoms with Crippen LogP contribution in [0, 0.1) is 6.92 Å². The third kappa shape index (κ3) is 3.97. The molecule has 0 saturated carbocycles. The largest absolute Gasteiger partial charge is 0.586 e. The SMILES string of the molecule is Cc1ncc(CS(=O)(=O)CCc2ccc3c(c2)OC(F)(F)O3)s1. The molecule has 2 heterocycles. The number of hydrogen-bond acceptors (Lipinski definition) is 6. The van der Waals surface area contributed by atoms with Gasteiger partial charge in [0.05, 0.1) is 16.5 Å². The van der Waals surface area contributed by atoms with Crippen LogP contribution in [0.3, 0.4) is 0 Å². The van der Waals surface area contributed by atoms with Crippen molar-refractivity contribution in [2.75, 3.05) is 5.75 Å². The third-order valence-electron chi connectivity index (χ3n) is 3.20. The first-order chi connectivity index (χ1) is 10.7. The highest BCUT2D eigenvalue weighted by atomic mass is 32.2. The van der Waals surface area contributed by atoms with Crippen molar-refractivity contribution in [2.24, 2.45) is 0 Å². The fraction of sp³-hybridized carbons (Fsp3) is 0.357. The van der Waals surface area contributed by atoms with Crippen LogP contribution in [0.1, 0.15) is 15.4 Å². The van der Waals surface area contributed by atoms with E-state index in [4.69, 9.17) is 0 Å². The molecule has 3 rings (SSSR count). The number of nitrogens with zero attached hydrogens (tertiary/aromatic N) is 1. The highest BCUT2D eigenvalue weighted by Crippen LogP contribution is 2.41. The van der Waals surface area contributed by atoms with E-state index in [1.165, 1.54) is 23.5 Å². The van der Waals surface area contributed by atoms with Crippen LogP contribution in [0.2, 0.25) is 0 Å². The molecule has 0 aliphatic carbocycles. The Balaban J connectivity index is 1.65. The molecule has 5 nitrogen and oxygen atoms in total. The number of hydrogen-bond donors (Lipinski definition) is 0. The summed E-state index contributed by atoms with van der Waals surface area (Å²) in [5.74, 6) is -0.286. The van der Waals surface area contributed by atoms with Gasteiger partial charge in [0.1, 0.15) is 0 Å². The predicted molar refractivity (Wildman–Crippen MR) is 80.7 cm³/mol. The number of sulfone groups is 1. The summed E-state index contributed by atoms with van der Waals surface area (Å²) in [5.41, 5.74) is 0.592. The number of ether oxygens (including phenoxy) is 2. The van der Waals surface area contributed by atoms with Crippen molar-refractivity contribution in [3.05, 3.63) is 39.8 Å². The van der Waals surface area contributed by atoms with E-state index < -0.39 is 16.1 Å². The maximum atomic E-state index is 12.9. The van der Waals surface area contributed by atoms with Gasteiger partial charge < -0.3 is 9.47 Å². The number of fused-ring (bicyclic) bond motifs is 1. The number of thiazole rings is 1. The number of aromatic nitrogens is 1. The molecule has 0 N–H and O–H groups in total. The lowest BCUT2D eigenvalue weighted by Gasteiger charge is -2.05. The lowest BCUT2D eigenvalue weighted by Crippen LogP contribution is -2.25. The molecule has 23 heavy (non-hydrogen) atoms. The maximum absolute atomic E-state index is 12.9. The first-order valence-electron chi connectivity index (χ1n) is 6.73. The van der Waals surface area contributed by atoms with Gasteiger partial charge in [-0.1, -0.05) is 6.07 Å². The predicted octanol–water partition coefficient (Wildman–Crippen LogP) is 2.93. The van der Waals surface area contributed by atoms with Gasteiger partial charge in [0.25, 0.3) is 0 Å². The monoisotopic (exact) mass is 361 g/mol. The molecule has 0 radical (unpaired) electrons. The number of halogens is 2. The first kappa shape index (κ1) is 16.1. The Labute approximate surface area is 135 Å². The molecule has 0 saturated heterocycles. The van der Waals surface area contributed by atoms with Gasteiger partial charge in [-0.15, -0.1) is 20.1 Å². The zero-order valence-corrected chi connectivity index (χ0v) is 13.7. The van der Waals surface area contributed by atoms with Crippen molar-refractivity contribution in [2.45, 2.75) is 25.4 Å². The number of alkyl halides is 2. The van der Waals surface area contributed by atoms with Crippen LogP contribution in [-0.2, 0) is 22.0 Å². The topological polar surface area (TPSA) is 65.5 Å². The van der Waals surface area contributed by atoms with Crippen molar-refractivity contribution in [3.63, 3.8) is 0 Å². The van der Waals surface area contributed by atoms with Crippen LogP contribution < -0.4 is 9.47 Å². The van der Waals surface area contributed by atoms with E-state index in [0.29, 0.717) is 10.4 Å². The molecule has 9 heteroatoms. The fourth-order valence-corrected chi connectivity index (χ4v) is 4.75. The number of aryl methyl sites for hydroxylation is 2. The quantitative estimate of drug-likeness (QED) is 0.819. The van der Waals surface area contributed by atoms with E-state index in [1.54, 1.807) is 12.3 Å². The molecule has 0 unspecified atom stereocenters. The van der Waals surface area contributed by atoms with Gasteiger partial charge >= 0.3 is 6.29 Å². The van der Waals surface area contributed by atoms with Gasteiger partial charge in [-0.2, -0.15) is 0 Å². The summed E-state index contributed by atoms with van der Waals surface area (Å²) in [6.07, 6.45) is -1.90. The van der Waals surface area contributed by atoms with Gasteiger partial charge in [0.15, 0.2) is 21.3 Å². The lowest BCUT2D eigenvalue weighted by atomic mass is 10.1. The molecular formula is C14H13F2NO4S2. The minimum atomic E-state index is -3.67. The minimum Gasteiger partial charge on any atom is -0.395 e. The third-order valence-corrected chi connectivity index (χ3v) is 5.87. The molecular weight excluding hydrogens is 348 g/mol. The molecule has 0 atom stereocenters. The van der Waals surface area contributed by atoms with Crippen molar-refractivity contribution >= 4 is 21.2 Å². The Morgan fingerprint density at radius 3 is 2.70 bits per heavy atom. The van der Waals surface area contributed by atoms with Crippen LogP contribution in [0.4, 0.5) is 8.78 Å². The average molecular weight is 361 g/mol. The lowest BCUT2D eigenvalue weighted by molar-refractivity contribution is -0.286. The van der Waals surface area contributed by atoms with E-state index in [9.17, 15) is 17.2 Å². The minimum absolute atomic E-state index is 0.0539. The molecule has 1 aliphatic rings. The maximum Gasteiger partial charge on any atom is 0.586 e. The summed E-state index contributed by atoms with van der Waals surface area (Å²) in [7, 11) is -3.31. The van der Waals surface area contributed by atoms with Gasteiger partial charge in [0, 0.05) is 11.1 Å².